The van der Waals surface area contributed by atoms with Crippen molar-refractivity contribution in [3.05, 3.63) is 77.7 Å². The van der Waals surface area contributed by atoms with Gasteiger partial charge in [0.15, 0.2) is 0 Å². The summed E-state index contributed by atoms with van der Waals surface area (Å²) in [5.41, 5.74) is 2.65. The molecule has 1 aliphatic rings. The van der Waals surface area contributed by atoms with Crippen LogP contribution in [-0.2, 0) is 17.4 Å². The van der Waals surface area contributed by atoms with Crippen molar-refractivity contribution in [2.75, 3.05) is 18.4 Å². The predicted octanol–water partition coefficient (Wildman–Crippen LogP) is 4.71. The zero-order valence-electron chi connectivity index (χ0n) is 19.5. The molecule has 0 unspecified atom stereocenters. The highest BCUT2D eigenvalue weighted by Gasteiger charge is 2.39. The van der Waals surface area contributed by atoms with Crippen molar-refractivity contribution in [3.8, 4) is 6.07 Å². The lowest BCUT2D eigenvalue weighted by Gasteiger charge is -2.36. The van der Waals surface area contributed by atoms with E-state index >= 15 is 0 Å². The highest BCUT2D eigenvalue weighted by Crippen LogP contribution is 2.33. The smallest absolute Gasteiger partial charge is 0.323 e. The molecule has 1 aromatic carbocycles. The maximum Gasteiger partial charge on any atom is 0.323 e. The fourth-order valence-corrected chi connectivity index (χ4v) is 4.20. The molecule has 0 radical (unpaired) electrons. The minimum Gasteiger partial charge on any atom is -0.324 e. The van der Waals surface area contributed by atoms with Gasteiger partial charge in [0.2, 0.25) is 0 Å². The summed E-state index contributed by atoms with van der Waals surface area (Å²) < 4.78 is 1.79. The van der Waals surface area contributed by atoms with Crippen molar-refractivity contribution in [1.82, 2.24) is 19.7 Å². The summed E-state index contributed by atoms with van der Waals surface area (Å²) in [4.78, 5) is 19.1. The van der Waals surface area contributed by atoms with Crippen LogP contribution in [-0.4, -0.2) is 38.8 Å². The van der Waals surface area contributed by atoms with Gasteiger partial charge >= 0.3 is 6.03 Å². The average molecular weight is 443 g/mol. The average Bonchev–Trinajstić information content (AvgIpc) is 3.25. The molecule has 4 rings (SSSR count). The lowest BCUT2D eigenvalue weighted by atomic mass is 9.77. The minimum atomic E-state index is -0.640. The summed E-state index contributed by atoms with van der Waals surface area (Å²) in [6.45, 7) is 8.16. The molecule has 33 heavy (non-hydrogen) atoms. The SMILES string of the molecule is CC(C)(C)c1ccc(Cn2nccc2NC(=O)N2CCC(C#N)(c3ccccn3)CC2)cc1. The molecule has 0 bridgehead atoms. The summed E-state index contributed by atoms with van der Waals surface area (Å²) in [7, 11) is 0. The number of hydrogen-bond donors (Lipinski definition) is 1. The number of hydrogen-bond acceptors (Lipinski definition) is 4. The Morgan fingerprint density at radius 3 is 2.42 bits per heavy atom. The largest absolute Gasteiger partial charge is 0.324 e. The molecule has 3 heterocycles. The first-order valence-corrected chi connectivity index (χ1v) is 11.3. The summed E-state index contributed by atoms with van der Waals surface area (Å²) in [5, 5.41) is 17.2. The van der Waals surface area contributed by atoms with E-state index in [1.54, 1.807) is 28.0 Å². The maximum absolute atomic E-state index is 12.9. The van der Waals surface area contributed by atoms with Crippen LogP contribution in [0.4, 0.5) is 10.6 Å². The van der Waals surface area contributed by atoms with Gasteiger partial charge in [0.25, 0.3) is 0 Å². The highest BCUT2D eigenvalue weighted by molar-refractivity contribution is 5.88. The summed E-state index contributed by atoms with van der Waals surface area (Å²) >= 11 is 0. The van der Waals surface area contributed by atoms with Crippen LogP contribution in [0.15, 0.2) is 60.9 Å². The van der Waals surface area contributed by atoms with Gasteiger partial charge in [-0.3, -0.25) is 10.3 Å². The van der Waals surface area contributed by atoms with Crippen LogP contribution < -0.4 is 5.32 Å². The molecule has 170 valence electrons. The summed E-state index contributed by atoms with van der Waals surface area (Å²) in [5.74, 6) is 0.654. The van der Waals surface area contributed by atoms with E-state index < -0.39 is 5.41 Å². The van der Waals surface area contributed by atoms with Gasteiger partial charge in [-0.25, -0.2) is 9.48 Å². The van der Waals surface area contributed by atoms with E-state index in [0.717, 1.165) is 11.3 Å². The number of carbonyl (C=O) groups is 1. The molecule has 7 heteroatoms. The Labute approximate surface area is 195 Å². The van der Waals surface area contributed by atoms with Crippen LogP contribution in [0.2, 0.25) is 0 Å². The number of likely N-dealkylation sites (tertiary alicyclic amines) is 1. The van der Waals surface area contributed by atoms with Gasteiger partial charge in [-0.15, -0.1) is 0 Å². The van der Waals surface area contributed by atoms with E-state index in [-0.39, 0.29) is 11.4 Å². The molecular weight excluding hydrogens is 412 g/mol. The molecule has 1 fully saturated rings. The van der Waals surface area contributed by atoms with Crippen molar-refractivity contribution >= 4 is 11.8 Å². The molecule has 1 saturated heterocycles. The molecule has 0 aliphatic carbocycles. The number of piperidine rings is 1. The lowest BCUT2D eigenvalue weighted by Crippen LogP contribution is -2.46. The zero-order chi connectivity index (χ0) is 23.5. The third kappa shape index (κ3) is 4.90. The molecule has 7 nitrogen and oxygen atoms in total. The molecule has 1 N–H and O–H groups in total. The first kappa shape index (κ1) is 22.5. The van der Waals surface area contributed by atoms with E-state index in [1.165, 1.54) is 5.56 Å². The molecule has 2 amide bonds. The monoisotopic (exact) mass is 442 g/mol. The fourth-order valence-electron chi connectivity index (χ4n) is 4.20. The number of nitrogens with one attached hydrogen (secondary N) is 1. The van der Waals surface area contributed by atoms with Gasteiger partial charge in [-0.05, 0) is 41.5 Å². The lowest BCUT2D eigenvalue weighted by molar-refractivity contribution is 0.182. The second kappa shape index (κ2) is 9.07. The molecule has 0 atom stereocenters. The third-order valence-corrected chi connectivity index (χ3v) is 6.38. The van der Waals surface area contributed by atoms with Crippen LogP contribution >= 0.6 is 0 Å². The van der Waals surface area contributed by atoms with Gasteiger partial charge in [-0.1, -0.05) is 51.1 Å². The van der Waals surface area contributed by atoms with Crippen LogP contribution in [0.1, 0.15) is 50.4 Å². The molecular formula is C26H30N6O. The van der Waals surface area contributed by atoms with Crippen LogP contribution in [0.25, 0.3) is 0 Å². The minimum absolute atomic E-state index is 0.109. The molecule has 0 spiro atoms. The Bertz CT molecular complexity index is 1130. The molecule has 3 aromatic rings. The summed E-state index contributed by atoms with van der Waals surface area (Å²) in [6, 6.07) is 18.2. The van der Waals surface area contributed by atoms with E-state index in [9.17, 15) is 10.1 Å². The number of urea groups is 1. The quantitative estimate of drug-likeness (QED) is 0.634. The van der Waals surface area contributed by atoms with Crippen LogP contribution in [0.3, 0.4) is 0 Å². The van der Waals surface area contributed by atoms with Gasteiger partial charge in [0, 0.05) is 25.4 Å². The van der Waals surface area contributed by atoms with Gasteiger partial charge < -0.3 is 4.90 Å². The number of benzene rings is 1. The first-order chi connectivity index (χ1) is 15.8. The van der Waals surface area contributed by atoms with Crippen molar-refractivity contribution in [1.29, 1.82) is 5.26 Å². The predicted molar refractivity (Wildman–Crippen MR) is 128 cm³/mol. The third-order valence-electron chi connectivity index (χ3n) is 6.38. The highest BCUT2D eigenvalue weighted by atomic mass is 16.2. The Morgan fingerprint density at radius 1 is 1.09 bits per heavy atom. The van der Waals surface area contributed by atoms with E-state index in [0.29, 0.717) is 38.3 Å². The maximum atomic E-state index is 12.9. The number of aromatic nitrogens is 3. The zero-order valence-corrected chi connectivity index (χ0v) is 19.5. The van der Waals surface area contributed by atoms with E-state index in [1.807, 2.05) is 18.2 Å². The topological polar surface area (TPSA) is 86.8 Å². The van der Waals surface area contributed by atoms with Crippen molar-refractivity contribution in [2.45, 2.75) is 51.0 Å². The van der Waals surface area contributed by atoms with Gasteiger partial charge in [-0.2, -0.15) is 10.4 Å². The number of rotatable bonds is 4. The standard InChI is InChI=1S/C26H30N6O/c1-25(2,3)21-9-7-20(8-10-21)18-32-23(11-15-29-32)30-24(33)31-16-12-26(19-27,13-17-31)22-6-4-5-14-28-22/h4-11,14-15H,12-13,16-18H2,1-3H3,(H,30,33). The Hall–Kier alpha value is -3.66. The second-order valence-electron chi connectivity index (χ2n) is 9.65. The first-order valence-electron chi connectivity index (χ1n) is 11.3. The molecule has 1 aliphatic heterocycles. The second-order valence-corrected chi connectivity index (χ2v) is 9.65. The Balaban J connectivity index is 1.39. The van der Waals surface area contributed by atoms with E-state index in [4.69, 9.17) is 0 Å². The normalized spacial score (nSPS) is 15.6. The van der Waals surface area contributed by atoms with Gasteiger partial charge in [0.05, 0.1) is 24.5 Å². The Morgan fingerprint density at radius 2 is 1.82 bits per heavy atom. The molecule has 0 saturated carbocycles. The molecule has 2 aromatic heterocycles. The van der Waals surface area contributed by atoms with Crippen molar-refractivity contribution in [3.63, 3.8) is 0 Å². The number of amides is 2. The number of carbonyl (C=O) groups excluding carboxylic acids is 1. The number of pyridine rings is 1. The van der Waals surface area contributed by atoms with Crippen LogP contribution in [0, 0.1) is 11.3 Å². The number of anilines is 1. The number of nitriles is 1. The van der Waals surface area contributed by atoms with Gasteiger partial charge in [0.1, 0.15) is 11.2 Å². The Kier molecular flexibility index (Phi) is 6.19. The summed E-state index contributed by atoms with van der Waals surface area (Å²) in [6.07, 6.45) is 4.53. The van der Waals surface area contributed by atoms with Crippen molar-refractivity contribution < 1.29 is 4.79 Å². The van der Waals surface area contributed by atoms with Crippen molar-refractivity contribution in [2.24, 2.45) is 0 Å². The number of nitrogens with zero attached hydrogens (tertiary/aromatic N) is 5. The van der Waals surface area contributed by atoms with E-state index in [2.05, 4.69) is 66.5 Å². The van der Waals surface area contributed by atoms with Crippen LogP contribution in [0.5, 0.6) is 0 Å². The fraction of sp³-hybridized carbons (Fsp3) is 0.385.